The number of hydrogen-bond acceptors (Lipinski definition) is 3. The van der Waals surface area contributed by atoms with Crippen molar-refractivity contribution in [1.29, 1.82) is 0 Å². The first-order valence-corrected chi connectivity index (χ1v) is 8.79. The molecular formula is C22H28O3. The van der Waals surface area contributed by atoms with Gasteiger partial charge in [-0.25, -0.2) is 0 Å². The molecule has 0 amide bonds. The number of aliphatic hydroxyl groups is 2. The molecule has 0 aliphatic heterocycles. The minimum atomic E-state index is -0.576. The van der Waals surface area contributed by atoms with E-state index >= 15 is 0 Å². The molecule has 0 fully saturated rings. The molecule has 0 unspecified atom stereocenters. The predicted molar refractivity (Wildman–Crippen MR) is 103 cm³/mol. The van der Waals surface area contributed by atoms with Crippen LogP contribution in [0.5, 0.6) is 5.75 Å². The molecule has 0 aliphatic carbocycles. The fraction of sp³-hybridized carbons (Fsp3) is 0.364. The molecule has 0 saturated carbocycles. The minimum absolute atomic E-state index is 0.0384. The van der Waals surface area contributed by atoms with Gasteiger partial charge in [-0.15, -0.1) is 0 Å². The highest BCUT2D eigenvalue weighted by atomic mass is 16.3. The fourth-order valence-corrected chi connectivity index (χ4v) is 2.70. The van der Waals surface area contributed by atoms with Crippen molar-refractivity contribution in [2.24, 2.45) is 0 Å². The van der Waals surface area contributed by atoms with Crippen LogP contribution in [0.1, 0.15) is 55.4 Å². The summed E-state index contributed by atoms with van der Waals surface area (Å²) in [6.45, 7) is 3.66. The van der Waals surface area contributed by atoms with Crippen LogP contribution in [0, 0.1) is 0 Å². The number of hydrogen-bond donors (Lipinski definition) is 3. The molecule has 3 heteroatoms. The van der Waals surface area contributed by atoms with Crippen molar-refractivity contribution in [2.75, 3.05) is 0 Å². The first kappa shape index (κ1) is 19.2. The zero-order chi connectivity index (χ0) is 18.3. The molecule has 0 atom stereocenters. The van der Waals surface area contributed by atoms with Crippen molar-refractivity contribution in [3.63, 3.8) is 0 Å². The van der Waals surface area contributed by atoms with E-state index in [4.69, 9.17) is 0 Å². The van der Waals surface area contributed by atoms with Crippen LogP contribution in [0.4, 0.5) is 0 Å². The van der Waals surface area contributed by atoms with Crippen LogP contribution >= 0.6 is 0 Å². The highest BCUT2D eigenvalue weighted by Crippen LogP contribution is 2.21. The van der Waals surface area contributed by atoms with Gasteiger partial charge in [-0.05, 0) is 61.9 Å². The Morgan fingerprint density at radius 3 is 2.24 bits per heavy atom. The third kappa shape index (κ3) is 6.73. The lowest BCUT2D eigenvalue weighted by Gasteiger charge is -2.16. The minimum Gasteiger partial charge on any atom is -0.507 e. The van der Waals surface area contributed by atoms with Crippen LogP contribution in [0.15, 0.2) is 42.5 Å². The second-order valence-electron chi connectivity index (χ2n) is 7.15. The second-order valence-corrected chi connectivity index (χ2v) is 7.15. The van der Waals surface area contributed by atoms with E-state index in [0.717, 1.165) is 36.8 Å². The number of rotatable bonds is 8. The summed E-state index contributed by atoms with van der Waals surface area (Å²) in [5.74, 6) is 0.205. The monoisotopic (exact) mass is 340 g/mol. The number of unbranched alkanes of at least 4 members (excludes halogenated alkanes) is 1. The molecule has 0 heterocycles. The van der Waals surface area contributed by atoms with Crippen molar-refractivity contribution in [1.82, 2.24) is 0 Å². The number of phenolic OH excluding ortho intramolecular Hbond substituents is 1. The number of benzene rings is 2. The topological polar surface area (TPSA) is 60.7 Å². The van der Waals surface area contributed by atoms with Crippen LogP contribution in [-0.4, -0.2) is 20.9 Å². The van der Waals surface area contributed by atoms with Gasteiger partial charge in [0.2, 0.25) is 0 Å². The zero-order valence-corrected chi connectivity index (χ0v) is 15.1. The largest absolute Gasteiger partial charge is 0.507 e. The van der Waals surface area contributed by atoms with E-state index in [-0.39, 0.29) is 12.4 Å². The van der Waals surface area contributed by atoms with E-state index < -0.39 is 5.60 Å². The van der Waals surface area contributed by atoms with Gasteiger partial charge in [0.15, 0.2) is 0 Å². The summed E-state index contributed by atoms with van der Waals surface area (Å²) in [6.07, 6.45) is 7.73. The molecule has 0 bridgehead atoms. The maximum absolute atomic E-state index is 9.88. The summed E-state index contributed by atoms with van der Waals surface area (Å²) in [6, 6.07) is 13.5. The first-order valence-electron chi connectivity index (χ1n) is 8.79. The fourth-order valence-electron chi connectivity index (χ4n) is 2.70. The standard InChI is InChI=1S/C22H28O3/c1-22(2,25)14-4-3-5-17-6-8-18(9-7-17)10-12-20-15-19(16-23)11-13-21(20)24/h6-13,15,23-25H,3-5,14,16H2,1-2H3. The van der Waals surface area contributed by atoms with Gasteiger partial charge >= 0.3 is 0 Å². The van der Waals surface area contributed by atoms with E-state index in [1.165, 1.54) is 5.56 Å². The Bertz CT molecular complexity index is 694. The van der Waals surface area contributed by atoms with Crippen molar-refractivity contribution >= 4 is 12.2 Å². The Hall–Kier alpha value is -2.10. The molecule has 0 aliphatic rings. The smallest absolute Gasteiger partial charge is 0.122 e. The van der Waals surface area contributed by atoms with Gasteiger partial charge in [0.05, 0.1) is 12.2 Å². The molecule has 134 valence electrons. The molecule has 3 nitrogen and oxygen atoms in total. The van der Waals surface area contributed by atoms with Crippen LogP contribution in [0.3, 0.4) is 0 Å². The zero-order valence-electron chi connectivity index (χ0n) is 15.1. The summed E-state index contributed by atoms with van der Waals surface area (Å²) in [5.41, 5.74) is 3.25. The van der Waals surface area contributed by atoms with E-state index in [0.29, 0.717) is 5.56 Å². The second kappa shape index (κ2) is 8.84. The Kier molecular flexibility index (Phi) is 6.80. The average molecular weight is 340 g/mol. The lowest BCUT2D eigenvalue weighted by atomic mass is 9.98. The van der Waals surface area contributed by atoms with E-state index in [1.807, 2.05) is 26.0 Å². The first-order chi connectivity index (χ1) is 11.9. The predicted octanol–water partition coefficient (Wildman–Crippen LogP) is 4.54. The lowest BCUT2D eigenvalue weighted by molar-refractivity contribution is 0.0682. The van der Waals surface area contributed by atoms with Crippen molar-refractivity contribution in [3.8, 4) is 5.75 Å². The molecular weight excluding hydrogens is 312 g/mol. The molecule has 3 N–H and O–H groups in total. The van der Waals surface area contributed by atoms with Crippen LogP contribution in [0.2, 0.25) is 0 Å². The van der Waals surface area contributed by atoms with Gasteiger partial charge < -0.3 is 15.3 Å². The average Bonchev–Trinajstić information content (AvgIpc) is 2.58. The normalized spacial score (nSPS) is 12.0. The van der Waals surface area contributed by atoms with E-state index in [9.17, 15) is 15.3 Å². The number of aliphatic hydroxyl groups excluding tert-OH is 1. The third-order valence-electron chi connectivity index (χ3n) is 4.21. The highest BCUT2D eigenvalue weighted by Gasteiger charge is 2.10. The molecule has 25 heavy (non-hydrogen) atoms. The third-order valence-corrected chi connectivity index (χ3v) is 4.21. The molecule has 2 aromatic rings. The Balaban J connectivity index is 1.92. The van der Waals surface area contributed by atoms with Crippen LogP contribution in [-0.2, 0) is 13.0 Å². The Morgan fingerprint density at radius 2 is 1.60 bits per heavy atom. The number of aryl methyl sites for hydroxylation is 1. The van der Waals surface area contributed by atoms with Crippen LogP contribution < -0.4 is 0 Å². The van der Waals surface area contributed by atoms with Crippen molar-refractivity contribution in [3.05, 3.63) is 64.7 Å². The summed E-state index contributed by atoms with van der Waals surface area (Å²) in [7, 11) is 0. The summed E-state index contributed by atoms with van der Waals surface area (Å²) >= 11 is 0. The lowest BCUT2D eigenvalue weighted by Crippen LogP contribution is -2.17. The Morgan fingerprint density at radius 1 is 0.920 bits per heavy atom. The molecule has 0 radical (unpaired) electrons. The maximum atomic E-state index is 9.88. The molecule has 2 rings (SSSR count). The van der Waals surface area contributed by atoms with E-state index in [1.54, 1.807) is 18.2 Å². The van der Waals surface area contributed by atoms with Crippen molar-refractivity contribution < 1.29 is 15.3 Å². The molecule has 0 aromatic heterocycles. The van der Waals surface area contributed by atoms with Crippen molar-refractivity contribution in [2.45, 2.75) is 51.7 Å². The van der Waals surface area contributed by atoms with Gasteiger partial charge in [-0.3, -0.25) is 0 Å². The summed E-state index contributed by atoms with van der Waals surface area (Å²) in [4.78, 5) is 0. The van der Waals surface area contributed by atoms with Crippen LogP contribution in [0.25, 0.3) is 12.2 Å². The maximum Gasteiger partial charge on any atom is 0.122 e. The van der Waals surface area contributed by atoms with Gasteiger partial charge in [0.25, 0.3) is 0 Å². The quantitative estimate of drug-likeness (QED) is 0.488. The van der Waals surface area contributed by atoms with Gasteiger partial charge in [0, 0.05) is 5.56 Å². The van der Waals surface area contributed by atoms with Gasteiger partial charge in [0.1, 0.15) is 5.75 Å². The number of phenols is 1. The van der Waals surface area contributed by atoms with Gasteiger partial charge in [-0.1, -0.05) is 48.9 Å². The molecule has 0 saturated heterocycles. The SMILES string of the molecule is CC(C)(O)CCCCc1ccc(C=Cc2cc(CO)ccc2O)cc1. The number of aromatic hydroxyl groups is 1. The van der Waals surface area contributed by atoms with E-state index in [2.05, 4.69) is 24.3 Å². The molecule has 0 spiro atoms. The van der Waals surface area contributed by atoms with Gasteiger partial charge in [-0.2, -0.15) is 0 Å². The Labute approximate surface area is 150 Å². The highest BCUT2D eigenvalue weighted by molar-refractivity contribution is 5.72. The summed E-state index contributed by atoms with van der Waals surface area (Å²) in [5, 5.41) is 28.8. The molecule has 2 aromatic carbocycles. The summed E-state index contributed by atoms with van der Waals surface area (Å²) < 4.78 is 0.